The molecule has 0 spiro atoms. The Hall–Kier alpha value is -3.54. The number of methoxy groups -OCH3 is 1. The van der Waals surface area contributed by atoms with E-state index in [1.165, 1.54) is 25.3 Å². The van der Waals surface area contributed by atoms with E-state index < -0.39 is 5.97 Å². The quantitative estimate of drug-likeness (QED) is 0.340. The van der Waals surface area contributed by atoms with Gasteiger partial charge in [0.15, 0.2) is 11.5 Å². The SMILES string of the molecule is COc1cc(/C=C\C#N)ccc1OC(=O)/C(C#N)=C/c1ccc(Cl)cc1. The molecule has 0 fully saturated rings. The standard InChI is InChI=1S/C20H13ClN2O3/c1-25-19-12-14(3-2-10-22)6-9-18(19)26-20(24)16(13-23)11-15-4-7-17(21)8-5-15/h2-9,11-12H,1H3/b3-2-,16-11+. The molecule has 2 aromatic carbocycles. The highest BCUT2D eigenvalue weighted by Crippen LogP contribution is 2.29. The van der Waals surface area contributed by atoms with Crippen molar-refractivity contribution in [3.63, 3.8) is 0 Å². The third-order valence-corrected chi connectivity index (χ3v) is 3.51. The van der Waals surface area contributed by atoms with E-state index in [4.69, 9.17) is 26.3 Å². The molecule has 2 rings (SSSR count). The van der Waals surface area contributed by atoms with Crippen molar-refractivity contribution < 1.29 is 14.3 Å². The average molecular weight is 365 g/mol. The zero-order chi connectivity index (χ0) is 18.9. The molecule has 6 heteroatoms. The molecule has 0 N–H and O–H groups in total. The second-order valence-corrected chi connectivity index (χ2v) is 5.42. The fourth-order valence-corrected chi connectivity index (χ4v) is 2.15. The van der Waals surface area contributed by atoms with E-state index >= 15 is 0 Å². The van der Waals surface area contributed by atoms with Crippen LogP contribution in [0.3, 0.4) is 0 Å². The minimum Gasteiger partial charge on any atom is -0.493 e. The van der Waals surface area contributed by atoms with Crippen molar-refractivity contribution in [1.29, 1.82) is 10.5 Å². The molecule has 128 valence electrons. The third kappa shape index (κ3) is 4.98. The molecule has 0 amide bonds. The predicted octanol–water partition coefficient (Wildman–Crippen LogP) is 4.40. The molecule has 0 bridgehead atoms. The van der Waals surface area contributed by atoms with Crippen LogP contribution < -0.4 is 9.47 Å². The summed E-state index contributed by atoms with van der Waals surface area (Å²) in [5.74, 6) is -0.327. The zero-order valence-corrected chi connectivity index (χ0v) is 14.5. The van der Waals surface area contributed by atoms with Gasteiger partial charge in [-0.05, 0) is 47.5 Å². The van der Waals surface area contributed by atoms with Crippen LogP contribution in [0.15, 0.2) is 54.1 Å². The first-order valence-corrected chi connectivity index (χ1v) is 7.79. The Balaban J connectivity index is 2.24. The van der Waals surface area contributed by atoms with E-state index in [0.29, 0.717) is 21.9 Å². The Morgan fingerprint density at radius 3 is 2.38 bits per heavy atom. The average Bonchev–Trinajstić information content (AvgIpc) is 2.66. The lowest BCUT2D eigenvalue weighted by Crippen LogP contribution is -2.11. The number of hydrogen-bond donors (Lipinski definition) is 0. The number of nitrogens with zero attached hydrogens (tertiary/aromatic N) is 2. The van der Waals surface area contributed by atoms with E-state index in [9.17, 15) is 10.1 Å². The summed E-state index contributed by atoms with van der Waals surface area (Å²) < 4.78 is 10.5. The van der Waals surface area contributed by atoms with Crippen molar-refractivity contribution in [1.82, 2.24) is 0 Å². The highest BCUT2D eigenvalue weighted by molar-refractivity contribution is 6.30. The molecule has 0 aliphatic carbocycles. The Bertz CT molecular complexity index is 949. The van der Waals surface area contributed by atoms with Gasteiger partial charge in [0.05, 0.1) is 13.2 Å². The van der Waals surface area contributed by atoms with Gasteiger partial charge in [-0.1, -0.05) is 29.8 Å². The molecule has 0 radical (unpaired) electrons. The smallest absolute Gasteiger partial charge is 0.354 e. The minimum absolute atomic E-state index is 0.164. The second-order valence-electron chi connectivity index (χ2n) is 4.98. The topological polar surface area (TPSA) is 83.1 Å². The number of halogens is 1. The van der Waals surface area contributed by atoms with E-state index in [1.54, 1.807) is 42.5 Å². The zero-order valence-electron chi connectivity index (χ0n) is 13.8. The number of ether oxygens (including phenoxy) is 2. The maximum Gasteiger partial charge on any atom is 0.354 e. The van der Waals surface area contributed by atoms with Gasteiger partial charge in [0.2, 0.25) is 0 Å². The van der Waals surface area contributed by atoms with Gasteiger partial charge in [0.1, 0.15) is 11.6 Å². The predicted molar refractivity (Wildman–Crippen MR) is 98.3 cm³/mol. The van der Waals surface area contributed by atoms with Crippen molar-refractivity contribution in [3.8, 4) is 23.6 Å². The summed E-state index contributed by atoms with van der Waals surface area (Å²) >= 11 is 5.82. The summed E-state index contributed by atoms with van der Waals surface area (Å²) in [5.41, 5.74) is 1.19. The summed E-state index contributed by atoms with van der Waals surface area (Å²) in [6, 6.07) is 15.2. The van der Waals surface area contributed by atoms with Crippen LogP contribution in [0.1, 0.15) is 11.1 Å². The molecule has 26 heavy (non-hydrogen) atoms. The normalized spacial score (nSPS) is 10.8. The van der Waals surface area contributed by atoms with Crippen LogP contribution in [-0.2, 0) is 4.79 Å². The Morgan fingerprint density at radius 2 is 1.77 bits per heavy atom. The number of carbonyl (C=O) groups is 1. The first-order chi connectivity index (χ1) is 12.6. The molecular formula is C20H13ClN2O3. The van der Waals surface area contributed by atoms with Gasteiger partial charge >= 0.3 is 5.97 Å². The Labute approximate surface area is 156 Å². The fourth-order valence-electron chi connectivity index (χ4n) is 2.02. The van der Waals surface area contributed by atoms with Crippen molar-refractivity contribution >= 4 is 29.7 Å². The van der Waals surface area contributed by atoms with Crippen LogP contribution in [0.25, 0.3) is 12.2 Å². The molecule has 0 saturated carbocycles. The summed E-state index contributed by atoms with van der Waals surface area (Å²) in [7, 11) is 1.43. The van der Waals surface area contributed by atoms with Crippen LogP contribution in [-0.4, -0.2) is 13.1 Å². The molecular weight excluding hydrogens is 352 g/mol. The molecule has 5 nitrogen and oxygen atoms in total. The van der Waals surface area contributed by atoms with E-state index in [-0.39, 0.29) is 11.3 Å². The largest absolute Gasteiger partial charge is 0.493 e. The van der Waals surface area contributed by atoms with Gasteiger partial charge in [-0.15, -0.1) is 0 Å². The van der Waals surface area contributed by atoms with Crippen molar-refractivity contribution in [3.05, 3.63) is 70.3 Å². The van der Waals surface area contributed by atoms with Gasteiger partial charge in [-0.2, -0.15) is 10.5 Å². The third-order valence-electron chi connectivity index (χ3n) is 3.26. The van der Waals surface area contributed by atoms with E-state index in [1.807, 2.05) is 12.1 Å². The van der Waals surface area contributed by atoms with Crippen molar-refractivity contribution in [2.75, 3.05) is 7.11 Å². The molecule has 0 unspecified atom stereocenters. The van der Waals surface area contributed by atoms with Gasteiger partial charge in [0.25, 0.3) is 0 Å². The van der Waals surface area contributed by atoms with Crippen LogP contribution in [0.4, 0.5) is 0 Å². The minimum atomic E-state index is -0.805. The molecule has 0 heterocycles. The molecule has 0 aromatic heterocycles. The van der Waals surface area contributed by atoms with Crippen molar-refractivity contribution in [2.24, 2.45) is 0 Å². The lowest BCUT2D eigenvalue weighted by atomic mass is 10.1. The van der Waals surface area contributed by atoms with Gasteiger partial charge < -0.3 is 9.47 Å². The van der Waals surface area contributed by atoms with Crippen LogP contribution >= 0.6 is 11.6 Å². The molecule has 0 aliphatic heterocycles. The number of rotatable bonds is 5. The fraction of sp³-hybridized carbons (Fsp3) is 0.0500. The molecule has 0 aliphatic rings. The highest BCUT2D eigenvalue weighted by Gasteiger charge is 2.15. The maximum absolute atomic E-state index is 12.3. The molecule has 2 aromatic rings. The van der Waals surface area contributed by atoms with Gasteiger partial charge in [-0.25, -0.2) is 4.79 Å². The second kappa shape index (κ2) is 9.08. The van der Waals surface area contributed by atoms with Crippen LogP contribution in [0.5, 0.6) is 11.5 Å². The first-order valence-electron chi connectivity index (χ1n) is 7.41. The monoisotopic (exact) mass is 364 g/mol. The van der Waals surface area contributed by atoms with E-state index in [0.717, 1.165) is 0 Å². The highest BCUT2D eigenvalue weighted by atomic mass is 35.5. The Kier molecular flexibility index (Phi) is 6.56. The Morgan fingerprint density at radius 1 is 1.08 bits per heavy atom. The summed E-state index contributed by atoms with van der Waals surface area (Å²) in [6.45, 7) is 0. The number of allylic oxidation sites excluding steroid dienone is 1. The molecule has 0 atom stereocenters. The van der Waals surface area contributed by atoms with Gasteiger partial charge in [-0.3, -0.25) is 0 Å². The summed E-state index contributed by atoms with van der Waals surface area (Å²) in [5, 5.41) is 18.4. The number of esters is 1. The lowest BCUT2D eigenvalue weighted by Gasteiger charge is -2.09. The first kappa shape index (κ1) is 18.8. The van der Waals surface area contributed by atoms with Crippen LogP contribution in [0, 0.1) is 22.7 Å². The maximum atomic E-state index is 12.3. The number of benzene rings is 2. The van der Waals surface area contributed by atoms with Gasteiger partial charge in [0, 0.05) is 11.1 Å². The molecule has 0 saturated heterocycles. The summed E-state index contributed by atoms with van der Waals surface area (Å²) in [4.78, 5) is 12.3. The van der Waals surface area contributed by atoms with Crippen LogP contribution in [0.2, 0.25) is 5.02 Å². The number of nitriles is 2. The van der Waals surface area contributed by atoms with E-state index in [2.05, 4.69) is 0 Å². The summed E-state index contributed by atoms with van der Waals surface area (Å²) in [6.07, 6.45) is 4.33. The lowest BCUT2D eigenvalue weighted by molar-refractivity contribution is -0.129. The van der Waals surface area contributed by atoms with Crippen molar-refractivity contribution in [2.45, 2.75) is 0 Å². The number of carbonyl (C=O) groups excluding carboxylic acids is 1. The number of hydrogen-bond acceptors (Lipinski definition) is 5.